The molecule has 4 nitrogen and oxygen atoms in total. The first-order valence-corrected chi connectivity index (χ1v) is 4.94. The van der Waals surface area contributed by atoms with Gasteiger partial charge < -0.3 is 5.32 Å². The summed E-state index contributed by atoms with van der Waals surface area (Å²) in [7, 11) is 0. The van der Waals surface area contributed by atoms with Gasteiger partial charge in [0.15, 0.2) is 5.65 Å². The largest absolute Gasteiger partial charge is 0.316 e. The average molecular weight is 188 g/mol. The Morgan fingerprint density at radius 3 is 3.29 bits per heavy atom. The average Bonchev–Trinajstić information content (AvgIpc) is 2.88. The molecule has 4 heteroatoms. The zero-order valence-electron chi connectivity index (χ0n) is 7.83. The summed E-state index contributed by atoms with van der Waals surface area (Å²) in [5.74, 6) is 0.623. The molecule has 1 unspecified atom stereocenters. The van der Waals surface area contributed by atoms with Gasteiger partial charge in [0.05, 0.1) is 6.20 Å². The number of hydrogen-bond acceptors (Lipinski definition) is 3. The summed E-state index contributed by atoms with van der Waals surface area (Å²) in [5.41, 5.74) is 2.27. The molecule has 3 rings (SSSR count). The summed E-state index contributed by atoms with van der Waals surface area (Å²) < 4.78 is 0. The highest BCUT2D eigenvalue weighted by Gasteiger charge is 2.19. The summed E-state index contributed by atoms with van der Waals surface area (Å²) in [5, 5.41) is 11.5. The Morgan fingerprint density at radius 1 is 1.43 bits per heavy atom. The second kappa shape index (κ2) is 3.06. The molecule has 0 spiro atoms. The van der Waals surface area contributed by atoms with Crippen LogP contribution in [0.2, 0.25) is 0 Å². The zero-order valence-corrected chi connectivity index (χ0v) is 7.83. The van der Waals surface area contributed by atoms with E-state index in [1.54, 1.807) is 0 Å². The van der Waals surface area contributed by atoms with E-state index in [-0.39, 0.29) is 0 Å². The standard InChI is InChI=1S/C10H12N4/c1-3-11-5-7(1)8-2-4-12-10-9(8)6-13-14-10/h2,4,6-7,11H,1,3,5H2,(H,12,13,14). The van der Waals surface area contributed by atoms with Gasteiger partial charge in [0.2, 0.25) is 0 Å². The fraction of sp³-hybridized carbons (Fsp3) is 0.400. The SMILES string of the molecule is c1cc(C2CCNC2)c2cn[nH]c2n1. The Balaban J connectivity index is 2.14. The lowest BCUT2D eigenvalue weighted by atomic mass is 9.97. The van der Waals surface area contributed by atoms with Crippen LogP contribution in [0.4, 0.5) is 0 Å². The smallest absolute Gasteiger partial charge is 0.155 e. The first-order chi connectivity index (χ1) is 6.95. The molecule has 3 heterocycles. The molecule has 0 aromatic carbocycles. The van der Waals surface area contributed by atoms with Gasteiger partial charge in [-0.1, -0.05) is 0 Å². The van der Waals surface area contributed by atoms with Crippen molar-refractivity contribution >= 4 is 11.0 Å². The molecule has 0 bridgehead atoms. The molecule has 72 valence electrons. The monoisotopic (exact) mass is 188 g/mol. The van der Waals surface area contributed by atoms with Crippen molar-refractivity contribution in [3.05, 3.63) is 24.0 Å². The normalized spacial score (nSPS) is 21.9. The van der Waals surface area contributed by atoms with Crippen LogP contribution in [0.3, 0.4) is 0 Å². The highest BCUT2D eigenvalue weighted by atomic mass is 15.1. The quantitative estimate of drug-likeness (QED) is 0.703. The predicted molar refractivity (Wildman–Crippen MR) is 54.1 cm³/mol. The molecular formula is C10H12N4. The molecule has 1 atom stereocenters. The molecule has 2 N–H and O–H groups in total. The van der Waals surface area contributed by atoms with Crippen molar-refractivity contribution in [2.24, 2.45) is 0 Å². The predicted octanol–water partition coefficient (Wildman–Crippen LogP) is 1.03. The van der Waals surface area contributed by atoms with E-state index in [2.05, 4.69) is 26.6 Å². The number of rotatable bonds is 1. The van der Waals surface area contributed by atoms with Crippen LogP contribution in [0, 0.1) is 0 Å². The van der Waals surface area contributed by atoms with Crippen LogP contribution in [0.15, 0.2) is 18.5 Å². The minimum atomic E-state index is 0.623. The van der Waals surface area contributed by atoms with Crippen LogP contribution in [-0.4, -0.2) is 28.3 Å². The van der Waals surface area contributed by atoms with E-state index in [9.17, 15) is 0 Å². The second-order valence-electron chi connectivity index (χ2n) is 3.72. The minimum absolute atomic E-state index is 0.623. The zero-order chi connectivity index (χ0) is 9.38. The molecule has 2 aromatic rings. The number of nitrogens with one attached hydrogen (secondary N) is 2. The van der Waals surface area contributed by atoms with Crippen LogP contribution in [0.1, 0.15) is 17.9 Å². The molecular weight excluding hydrogens is 176 g/mol. The lowest BCUT2D eigenvalue weighted by Crippen LogP contribution is -2.08. The second-order valence-corrected chi connectivity index (χ2v) is 3.72. The van der Waals surface area contributed by atoms with Crippen LogP contribution in [0.5, 0.6) is 0 Å². The van der Waals surface area contributed by atoms with Crippen LogP contribution in [0.25, 0.3) is 11.0 Å². The van der Waals surface area contributed by atoms with Crippen LogP contribution in [-0.2, 0) is 0 Å². The molecule has 0 radical (unpaired) electrons. The van der Waals surface area contributed by atoms with Gasteiger partial charge in [-0.25, -0.2) is 4.98 Å². The van der Waals surface area contributed by atoms with Gasteiger partial charge in [-0.3, -0.25) is 5.10 Å². The third kappa shape index (κ3) is 1.11. The highest BCUT2D eigenvalue weighted by molar-refractivity contribution is 5.78. The Hall–Kier alpha value is -1.42. The summed E-state index contributed by atoms with van der Waals surface area (Å²) in [6.45, 7) is 2.19. The Morgan fingerprint density at radius 2 is 2.43 bits per heavy atom. The summed E-state index contributed by atoms with van der Waals surface area (Å²) in [6.07, 6.45) is 4.94. The number of hydrogen-bond donors (Lipinski definition) is 2. The van der Waals surface area contributed by atoms with E-state index >= 15 is 0 Å². The van der Waals surface area contributed by atoms with E-state index in [1.165, 1.54) is 17.4 Å². The van der Waals surface area contributed by atoms with Crippen molar-refractivity contribution in [2.45, 2.75) is 12.3 Å². The maximum Gasteiger partial charge on any atom is 0.155 e. The van der Waals surface area contributed by atoms with E-state index in [0.29, 0.717) is 5.92 Å². The summed E-state index contributed by atoms with van der Waals surface area (Å²) in [6, 6.07) is 2.11. The van der Waals surface area contributed by atoms with Crippen molar-refractivity contribution in [1.82, 2.24) is 20.5 Å². The lowest BCUT2D eigenvalue weighted by molar-refractivity contribution is 0.769. The maximum atomic E-state index is 4.23. The van der Waals surface area contributed by atoms with E-state index < -0.39 is 0 Å². The molecule has 1 fully saturated rings. The number of aromatic amines is 1. The maximum absolute atomic E-state index is 4.23. The molecule has 0 saturated carbocycles. The number of H-pyrrole nitrogens is 1. The van der Waals surface area contributed by atoms with Gasteiger partial charge in [-0.15, -0.1) is 0 Å². The van der Waals surface area contributed by atoms with E-state index in [4.69, 9.17) is 0 Å². The van der Waals surface area contributed by atoms with Crippen molar-refractivity contribution in [3.63, 3.8) is 0 Å². The third-order valence-electron chi connectivity index (χ3n) is 2.89. The first kappa shape index (κ1) is 7.94. The van der Waals surface area contributed by atoms with Gasteiger partial charge in [0.25, 0.3) is 0 Å². The molecule has 1 aliphatic heterocycles. The molecule has 1 aliphatic rings. The summed E-state index contributed by atoms with van der Waals surface area (Å²) >= 11 is 0. The highest BCUT2D eigenvalue weighted by Crippen LogP contribution is 2.27. The number of fused-ring (bicyclic) bond motifs is 1. The molecule has 0 aliphatic carbocycles. The van der Waals surface area contributed by atoms with Gasteiger partial charge in [0, 0.05) is 18.1 Å². The lowest BCUT2D eigenvalue weighted by Gasteiger charge is -2.08. The molecule has 1 saturated heterocycles. The number of pyridine rings is 1. The Bertz CT molecular complexity index is 442. The van der Waals surface area contributed by atoms with Gasteiger partial charge in [-0.05, 0) is 30.5 Å². The van der Waals surface area contributed by atoms with E-state index in [0.717, 1.165) is 18.7 Å². The first-order valence-electron chi connectivity index (χ1n) is 4.94. The fourth-order valence-electron chi connectivity index (χ4n) is 2.15. The summed E-state index contributed by atoms with van der Waals surface area (Å²) in [4.78, 5) is 4.23. The number of aromatic nitrogens is 3. The van der Waals surface area contributed by atoms with E-state index in [1.807, 2.05) is 12.4 Å². The van der Waals surface area contributed by atoms with Crippen LogP contribution < -0.4 is 5.32 Å². The van der Waals surface area contributed by atoms with Gasteiger partial charge in [0.1, 0.15) is 0 Å². The number of nitrogens with zero attached hydrogens (tertiary/aromatic N) is 2. The third-order valence-corrected chi connectivity index (χ3v) is 2.89. The van der Waals surface area contributed by atoms with Crippen molar-refractivity contribution in [1.29, 1.82) is 0 Å². The van der Waals surface area contributed by atoms with Crippen molar-refractivity contribution in [2.75, 3.05) is 13.1 Å². The van der Waals surface area contributed by atoms with Crippen molar-refractivity contribution < 1.29 is 0 Å². The Kier molecular flexibility index (Phi) is 1.73. The van der Waals surface area contributed by atoms with Crippen molar-refractivity contribution in [3.8, 4) is 0 Å². The van der Waals surface area contributed by atoms with Gasteiger partial charge in [-0.2, -0.15) is 5.10 Å². The Labute approximate surface area is 81.7 Å². The van der Waals surface area contributed by atoms with Crippen LogP contribution >= 0.6 is 0 Å². The minimum Gasteiger partial charge on any atom is -0.316 e. The molecule has 2 aromatic heterocycles. The molecule has 14 heavy (non-hydrogen) atoms. The topological polar surface area (TPSA) is 53.6 Å². The molecule has 0 amide bonds. The fourth-order valence-corrected chi connectivity index (χ4v) is 2.15. The van der Waals surface area contributed by atoms with Gasteiger partial charge >= 0.3 is 0 Å².